The molecule has 0 N–H and O–H groups in total. The first kappa shape index (κ1) is 10.4. The van der Waals surface area contributed by atoms with Crippen LogP contribution in [0.4, 0.5) is 0 Å². The van der Waals surface area contributed by atoms with Crippen LogP contribution in [0.1, 0.15) is 12.0 Å². The third-order valence-corrected chi connectivity index (χ3v) is 3.60. The third-order valence-electron chi connectivity index (χ3n) is 2.21. The first-order valence-electron chi connectivity index (χ1n) is 4.50. The van der Waals surface area contributed by atoms with Crippen molar-refractivity contribution >= 4 is 44.1 Å². The van der Waals surface area contributed by atoms with Crippen molar-refractivity contribution in [3.05, 3.63) is 54.1 Å². The van der Waals surface area contributed by atoms with Crippen LogP contribution < -0.4 is 0 Å². The Bertz CT molecular complexity index is 377. The van der Waals surface area contributed by atoms with Gasteiger partial charge in [0.05, 0.1) is 2.33 Å². The van der Waals surface area contributed by atoms with Gasteiger partial charge in [-0.1, -0.05) is 87.1 Å². The molecule has 1 aromatic rings. The summed E-state index contributed by atoms with van der Waals surface area (Å²) < 4.78 is 0.114. The Hall–Kier alpha value is -0.0900. The van der Waals surface area contributed by atoms with Crippen LogP contribution in [-0.2, 0) is 0 Å². The number of benzene rings is 1. The zero-order chi connectivity index (χ0) is 10.0. The Kier molecular flexibility index (Phi) is 3.12. The van der Waals surface area contributed by atoms with E-state index in [1.54, 1.807) is 0 Å². The zero-order valence-electron chi connectivity index (χ0n) is 7.58. The fraction of sp³-hybridized carbons (Fsp3) is 0.167. The average molecular weight is 361 g/mol. The standard InChI is InChI=1S/C12H10BrI/c13-12(14)8-6-11(7-9-12)10-4-2-1-3-5-10/h1-8H,9H2. The number of hydrogen-bond donors (Lipinski definition) is 0. The second kappa shape index (κ2) is 4.19. The lowest BCUT2D eigenvalue weighted by Crippen LogP contribution is -2.07. The second-order valence-corrected chi connectivity index (χ2v) is 8.15. The Morgan fingerprint density at radius 3 is 2.50 bits per heavy atom. The molecule has 2 heteroatoms. The van der Waals surface area contributed by atoms with E-state index >= 15 is 0 Å². The molecule has 1 aliphatic carbocycles. The quantitative estimate of drug-likeness (QED) is 0.509. The molecule has 1 aliphatic rings. The highest BCUT2D eigenvalue weighted by Crippen LogP contribution is 2.38. The molecule has 0 spiro atoms. The van der Waals surface area contributed by atoms with E-state index < -0.39 is 0 Å². The van der Waals surface area contributed by atoms with Crippen molar-refractivity contribution in [2.24, 2.45) is 0 Å². The zero-order valence-corrected chi connectivity index (χ0v) is 11.3. The molecule has 2 rings (SSSR count). The van der Waals surface area contributed by atoms with Gasteiger partial charge < -0.3 is 0 Å². The van der Waals surface area contributed by atoms with Crippen LogP contribution in [0.2, 0.25) is 0 Å². The normalized spacial score (nSPS) is 26.0. The number of rotatable bonds is 1. The maximum absolute atomic E-state index is 3.65. The lowest BCUT2D eigenvalue weighted by Gasteiger charge is -2.18. The summed E-state index contributed by atoms with van der Waals surface area (Å²) in [6.45, 7) is 0. The van der Waals surface area contributed by atoms with Crippen LogP contribution in [0.3, 0.4) is 0 Å². The molecule has 0 heterocycles. The lowest BCUT2D eigenvalue weighted by molar-refractivity contribution is 1.05. The highest BCUT2D eigenvalue weighted by atomic mass is 127. The van der Waals surface area contributed by atoms with Crippen molar-refractivity contribution in [3.8, 4) is 0 Å². The summed E-state index contributed by atoms with van der Waals surface area (Å²) in [7, 11) is 0. The van der Waals surface area contributed by atoms with Gasteiger partial charge in [-0.05, 0) is 17.6 Å². The van der Waals surface area contributed by atoms with Gasteiger partial charge in [0.15, 0.2) is 0 Å². The molecule has 0 saturated heterocycles. The molecule has 0 aromatic heterocycles. The summed E-state index contributed by atoms with van der Waals surface area (Å²) in [6, 6.07) is 10.5. The van der Waals surface area contributed by atoms with Gasteiger partial charge in [-0.2, -0.15) is 0 Å². The molecule has 0 saturated carbocycles. The summed E-state index contributed by atoms with van der Waals surface area (Å²) in [5, 5.41) is 0. The van der Waals surface area contributed by atoms with E-state index in [1.807, 2.05) is 6.07 Å². The first-order valence-corrected chi connectivity index (χ1v) is 6.37. The topological polar surface area (TPSA) is 0 Å². The van der Waals surface area contributed by atoms with Gasteiger partial charge in [-0.15, -0.1) is 0 Å². The summed E-state index contributed by atoms with van der Waals surface area (Å²) in [4.78, 5) is 0. The van der Waals surface area contributed by atoms with Crippen molar-refractivity contribution < 1.29 is 0 Å². The number of hydrogen-bond acceptors (Lipinski definition) is 0. The molecule has 1 aromatic carbocycles. The van der Waals surface area contributed by atoms with Crippen LogP contribution in [0.5, 0.6) is 0 Å². The van der Waals surface area contributed by atoms with Gasteiger partial charge in [0.1, 0.15) is 0 Å². The summed E-state index contributed by atoms with van der Waals surface area (Å²) in [5.74, 6) is 0. The largest absolute Gasteiger partial charge is 0.0986 e. The van der Waals surface area contributed by atoms with Crippen molar-refractivity contribution in [3.63, 3.8) is 0 Å². The minimum Gasteiger partial charge on any atom is -0.0742 e. The summed E-state index contributed by atoms with van der Waals surface area (Å²) in [5.41, 5.74) is 2.61. The molecule has 0 amide bonds. The van der Waals surface area contributed by atoms with Crippen LogP contribution in [-0.4, -0.2) is 2.33 Å². The van der Waals surface area contributed by atoms with Gasteiger partial charge in [0.25, 0.3) is 0 Å². The average Bonchev–Trinajstić information content (AvgIpc) is 2.19. The highest BCUT2D eigenvalue weighted by Gasteiger charge is 2.20. The highest BCUT2D eigenvalue weighted by molar-refractivity contribution is 14.1. The van der Waals surface area contributed by atoms with Crippen LogP contribution >= 0.6 is 38.5 Å². The maximum Gasteiger partial charge on any atom is 0.0986 e. The van der Waals surface area contributed by atoms with Gasteiger partial charge in [0.2, 0.25) is 0 Å². The number of alkyl halides is 2. The molecule has 0 bridgehead atoms. The minimum atomic E-state index is 0.114. The molecular weight excluding hydrogens is 351 g/mol. The number of allylic oxidation sites excluding steroid dienone is 4. The summed E-state index contributed by atoms with van der Waals surface area (Å²) >= 11 is 6.05. The SMILES string of the molecule is BrC1(I)C=CC(c2ccccc2)=CC1. The van der Waals surface area contributed by atoms with E-state index in [4.69, 9.17) is 0 Å². The van der Waals surface area contributed by atoms with Crippen LogP contribution in [0.15, 0.2) is 48.6 Å². The summed E-state index contributed by atoms with van der Waals surface area (Å²) in [6.07, 6.45) is 7.70. The van der Waals surface area contributed by atoms with Crippen molar-refractivity contribution in [2.75, 3.05) is 0 Å². The second-order valence-electron chi connectivity index (χ2n) is 3.32. The van der Waals surface area contributed by atoms with Gasteiger partial charge in [-0.3, -0.25) is 0 Å². The Balaban J connectivity index is 2.25. The molecule has 0 aliphatic heterocycles. The molecule has 0 radical (unpaired) electrons. The molecule has 72 valence electrons. The van der Waals surface area contributed by atoms with Crippen molar-refractivity contribution in [1.82, 2.24) is 0 Å². The predicted octanol–water partition coefficient (Wildman–Crippen LogP) is 4.56. The first-order chi connectivity index (χ1) is 6.67. The maximum atomic E-state index is 3.65. The third kappa shape index (κ3) is 2.48. The van der Waals surface area contributed by atoms with E-state index in [2.05, 4.69) is 81.0 Å². The van der Waals surface area contributed by atoms with Crippen molar-refractivity contribution in [1.29, 1.82) is 0 Å². The van der Waals surface area contributed by atoms with E-state index in [1.165, 1.54) is 11.1 Å². The van der Waals surface area contributed by atoms with Crippen molar-refractivity contribution in [2.45, 2.75) is 8.75 Å². The molecule has 14 heavy (non-hydrogen) atoms. The fourth-order valence-electron chi connectivity index (χ4n) is 1.44. The lowest BCUT2D eigenvalue weighted by atomic mass is 10.00. The minimum absolute atomic E-state index is 0.114. The van der Waals surface area contributed by atoms with Gasteiger partial charge in [-0.25, -0.2) is 0 Å². The van der Waals surface area contributed by atoms with E-state index in [9.17, 15) is 0 Å². The Morgan fingerprint density at radius 1 is 1.21 bits per heavy atom. The smallest absolute Gasteiger partial charge is 0.0742 e. The molecule has 0 fully saturated rings. The van der Waals surface area contributed by atoms with E-state index in [-0.39, 0.29) is 2.33 Å². The fourth-order valence-corrected chi connectivity index (χ4v) is 2.13. The van der Waals surface area contributed by atoms with E-state index in [0.717, 1.165) is 6.42 Å². The molecule has 1 atom stereocenters. The molecule has 0 nitrogen and oxygen atoms in total. The monoisotopic (exact) mass is 360 g/mol. The Morgan fingerprint density at radius 2 is 1.93 bits per heavy atom. The molecular formula is C12H10BrI. The van der Waals surface area contributed by atoms with Crippen LogP contribution in [0, 0.1) is 0 Å². The molecule has 1 unspecified atom stereocenters. The van der Waals surface area contributed by atoms with E-state index in [0.29, 0.717) is 0 Å². The van der Waals surface area contributed by atoms with Gasteiger partial charge >= 0.3 is 0 Å². The Labute approximate surface area is 106 Å². The number of halogens is 2. The predicted molar refractivity (Wildman–Crippen MR) is 73.9 cm³/mol. The van der Waals surface area contributed by atoms with Gasteiger partial charge in [0, 0.05) is 0 Å². The van der Waals surface area contributed by atoms with Crippen LogP contribution in [0.25, 0.3) is 5.57 Å².